The number of sulfonamides is 1. The van der Waals surface area contributed by atoms with E-state index in [2.05, 4.69) is 10.0 Å². The molecule has 0 unspecified atom stereocenters. The molecule has 0 saturated carbocycles. The van der Waals surface area contributed by atoms with Gasteiger partial charge in [0.2, 0.25) is 10.0 Å². The zero-order valence-electron chi connectivity index (χ0n) is 12.9. The number of amides is 1. The van der Waals surface area contributed by atoms with Crippen LogP contribution in [0, 0.1) is 6.92 Å². The predicted molar refractivity (Wildman–Crippen MR) is 89.0 cm³/mol. The summed E-state index contributed by atoms with van der Waals surface area (Å²) in [7, 11) is -2.06. The first-order valence-electron chi connectivity index (χ1n) is 6.94. The lowest BCUT2D eigenvalue weighted by Gasteiger charge is -2.12. The number of rotatable bonds is 5. The first-order valence-corrected chi connectivity index (χ1v) is 8.59. The third-order valence-corrected chi connectivity index (χ3v) is 4.32. The molecule has 0 fully saturated rings. The summed E-state index contributed by atoms with van der Waals surface area (Å²) in [4.78, 5) is 11.2. The molecule has 2 rings (SSSR count). The summed E-state index contributed by atoms with van der Waals surface area (Å²) in [6.07, 6.45) is -0.582. The number of hydrogen-bond donors (Lipinski definition) is 2. The van der Waals surface area contributed by atoms with E-state index in [-0.39, 0.29) is 5.75 Å². The van der Waals surface area contributed by atoms with Crippen molar-refractivity contribution >= 4 is 21.8 Å². The number of ether oxygens (including phenoxy) is 1. The Hall–Kier alpha value is -2.54. The van der Waals surface area contributed by atoms with Crippen LogP contribution in [0.25, 0.3) is 0 Å². The Morgan fingerprint density at radius 1 is 1.13 bits per heavy atom. The molecule has 0 aliphatic heterocycles. The second-order valence-electron chi connectivity index (χ2n) is 4.96. The molecule has 2 aromatic rings. The lowest BCUT2D eigenvalue weighted by atomic mass is 10.2. The zero-order chi connectivity index (χ0) is 16.9. The Morgan fingerprint density at radius 3 is 2.43 bits per heavy atom. The van der Waals surface area contributed by atoms with Crippen LogP contribution in [0.3, 0.4) is 0 Å². The maximum atomic E-state index is 12.2. The van der Waals surface area contributed by atoms with Gasteiger partial charge in [0.05, 0.1) is 11.4 Å². The highest BCUT2D eigenvalue weighted by molar-refractivity contribution is 7.91. The number of hydrogen-bond acceptors (Lipinski definition) is 4. The van der Waals surface area contributed by atoms with Crippen LogP contribution in [-0.2, 0) is 15.8 Å². The molecule has 122 valence electrons. The average Bonchev–Trinajstić information content (AvgIpc) is 2.50. The molecule has 1 amide bonds. The van der Waals surface area contributed by atoms with Gasteiger partial charge in [-0.2, -0.15) is 0 Å². The minimum Gasteiger partial charge on any atom is -0.410 e. The van der Waals surface area contributed by atoms with Gasteiger partial charge < -0.3 is 10.1 Å². The van der Waals surface area contributed by atoms with E-state index in [1.54, 1.807) is 43.3 Å². The van der Waals surface area contributed by atoms with Crippen molar-refractivity contribution in [3.8, 4) is 5.75 Å². The molecule has 2 N–H and O–H groups in total. The van der Waals surface area contributed by atoms with E-state index in [9.17, 15) is 13.2 Å². The smallest absolute Gasteiger partial charge is 0.410 e. The maximum Gasteiger partial charge on any atom is 0.412 e. The second-order valence-corrected chi connectivity index (χ2v) is 6.69. The molecular weight excluding hydrogens is 316 g/mol. The van der Waals surface area contributed by atoms with Crippen LogP contribution in [0.4, 0.5) is 10.5 Å². The lowest BCUT2D eigenvalue weighted by Crippen LogP contribution is -2.22. The predicted octanol–water partition coefficient (Wildman–Crippen LogP) is 2.66. The molecule has 0 heterocycles. The van der Waals surface area contributed by atoms with Crippen LogP contribution >= 0.6 is 0 Å². The summed E-state index contributed by atoms with van der Waals surface area (Å²) < 4.78 is 32.0. The van der Waals surface area contributed by atoms with Crippen LogP contribution in [0.2, 0.25) is 0 Å². The van der Waals surface area contributed by atoms with Crippen LogP contribution in [0.1, 0.15) is 11.1 Å². The molecule has 0 aromatic heterocycles. The van der Waals surface area contributed by atoms with Crippen molar-refractivity contribution in [1.29, 1.82) is 0 Å². The molecule has 0 aliphatic rings. The summed E-state index contributed by atoms with van der Waals surface area (Å²) in [6, 6.07) is 13.6. The van der Waals surface area contributed by atoms with Gasteiger partial charge in [0.15, 0.2) is 0 Å². The SMILES string of the molecule is CNC(=O)Oc1ccc(NS(=O)(=O)Cc2ccccc2)c(C)c1. The van der Waals surface area contributed by atoms with Crippen molar-refractivity contribution in [1.82, 2.24) is 5.32 Å². The van der Waals surface area contributed by atoms with Gasteiger partial charge in [0.1, 0.15) is 5.75 Å². The first kappa shape index (κ1) is 16.8. The number of carbonyl (C=O) groups is 1. The topological polar surface area (TPSA) is 84.5 Å². The summed E-state index contributed by atoms with van der Waals surface area (Å²) >= 11 is 0. The van der Waals surface area contributed by atoms with E-state index < -0.39 is 16.1 Å². The third kappa shape index (κ3) is 5.00. The summed E-state index contributed by atoms with van der Waals surface area (Å²) in [5, 5.41) is 2.34. The van der Waals surface area contributed by atoms with E-state index in [1.165, 1.54) is 13.1 Å². The molecule has 23 heavy (non-hydrogen) atoms. The van der Waals surface area contributed by atoms with Crippen molar-refractivity contribution < 1.29 is 17.9 Å². The fourth-order valence-electron chi connectivity index (χ4n) is 1.97. The largest absolute Gasteiger partial charge is 0.412 e. The van der Waals surface area contributed by atoms with Gasteiger partial charge in [-0.1, -0.05) is 30.3 Å². The van der Waals surface area contributed by atoms with Crippen molar-refractivity contribution in [2.75, 3.05) is 11.8 Å². The van der Waals surface area contributed by atoms with Gasteiger partial charge in [-0.25, -0.2) is 13.2 Å². The van der Waals surface area contributed by atoms with Crippen molar-refractivity contribution in [2.45, 2.75) is 12.7 Å². The molecule has 0 saturated heterocycles. The Labute approximate surface area is 135 Å². The number of benzene rings is 2. The van der Waals surface area contributed by atoms with Gasteiger partial charge in [-0.3, -0.25) is 4.72 Å². The van der Waals surface area contributed by atoms with Crippen molar-refractivity contribution in [3.05, 3.63) is 59.7 Å². The summed E-state index contributed by atoms with van der Waals surface area (Å²) in [6.45, 7) is 1.73. The third-order valence-electron chi connectivity index (χ3n) is 3.08. The van der Waals surface area contributed by atoms with E-state index in [4.69, 9.17) is 4.74 Å². The van der Waals surface area contributed by atoms with Gasteiger partial charge in [-0.15, -0.1) is 0 Å². The van der Waals surface area contributed by atoms with Crippen LogP contribution in [0.15, 0.2) is 48.5 Å². The van der Waals surface area contributed by atoms with Gasteiger partial charge in [0.25, 0.3) is 0 Å². The maximum absolute atomic E-state index is 12.2. The van der Waals surface area contributed by atoms with E-state index in [0.29, 0.717) is 22.6 Å². The Bertz CT molecular complexity index is 789. The monoisotopic (exact) mass is 334 g/mol. The molecule has 0 aliphatic carbocycles. The molecule has 0 atom stereocenters. The Balaban J connectivity index is 2.11. The van der Waals surface area contributed by atoms with E-state index >= 15 is 0 Å². The lowest BCUT2D eigenvalue weighted by molar-refractivity contribution is 0.203. The highest BCUT2D eigenvalue weighted by Crippen LogP contribution is 2.23. The van der Waals surface area contributed by atoms with Crippen LogP contribution < -0.4 is 14.8 Å². The van der Waals surface area contributed by atoms with Gasteiger partial charge >= 0.3 is 6.09 Å². The number of nitrogens with one attached hydrogen (secondary N) is 2. The Kier molecular flexibility index (Phi) is 5.23. The highest BCUT2D eigenvalue weighted by atomic mass is 32.2. The molecule has 6 nitrogen and oxygen atoms in total. The standard InChI is InChI=1S/C16H18N2O4S/c1-12-10-14(22-16(19)17-2)8-9-15(12)18-23(20,21)11-13-6-4-3-5-7-13/h3-10,18H,11H2,1-2H3,(H,17,19). The van der Waals surface area contributed by atoms with Crippen LogP contribution in [0.5, 0.6) is 5.75 Å². The average molecular weight is 334 g/mol. The zero-order valence-corrected chi connectivity index (χ0v) is 13.7. The van der Waals surface area contributed by atoms with Crippen molar-refractivity contribution in [3.63, 3.8) is 0 Å². The van der Waals surface area contributed by atoms with E-state index in [1.807, 2.05) is 6.07 Å². The molecule has 0 radical (unpaired) electrons. The van der Waals surface area contributed by atoms with Crippen LogP contribution in [-0.4, -0.2) is 21.6 Å². The quantitative estimate of drug-likeness (QED) is 0.880. The highest BCUT2D eigenvalue weighted by Gasteiger charge is 2.13. The molecule has 7 heteroatoms. The number of anilines is 1. The molecule has 2 aromatic carbocycles. The van der Waals surface area contributed by atoms with Crippen molar-refractivity contribution in [2.24, 2.45) is 0 Å². The minimum absolute atomic E-state index is 0.107. The second kappa shape index (κ2) is 7.15. The van der Waals surface area contributed by atoms with E-state index in [0.717, 1.165) is 0 Å². The number of carbonyl (C=O) groups excluding carboxylic acids is 1. The Morgan fingerprint density at radius 2 is 1.83 bits per heavy atom. The van der Waals surface area contributed by atoms with Gasteiger partial charge in [-0.05, 0) is 36.2 Å². The normalized spacial score (nSPS) is 10.9. The molecular formula is C16H18N2O4S. The minimum atomic E-state index is -3.52. The molecule has 0 spiro atoms. The first-order chi connectivity index (χ1) is 10.9. The van der Waals surface area contributed by atoms with Gasteiger partial charge in [0, 0.05) is 7.05 Å². The molecule has 0 bridgehead atoms. The fourth-order valence-corrected chi connectivity index (χ4v) is 3.24. The fraction of sp³-hybridized carbons (Fsp3) is 0.188. The summed E-state index contributed by atoms with van der Waals surface area (Å²) in [5.41, 5.74) is 1.81. The summed E-state index contributed by atoms with van der Waals surface area (Å²) in [5.74, 6) is 0.233. The number of aryl methyl sites for hydroxylation is 1.